The van der Waals surface area contributed by atoms with Crippen LogP contribution in [0, 0.1) is 11.3 Å². The Balaban J connectivity index is 1.56. The van der Waals surface area contributed by atoms with Crippen LogP contribution in [0.2, 0.25) is 0 Å². The highest BCUT2D eigenvalue weighted by Gasteiger charge is 2.07. The van der Waals surface area contributed by atoms with Crippen molar-refractivity contribution in [2.45, 2.75) is 12.8 Å². The molecule has 0 aliphatic heterocycles. The van der Waals surface area contributed by atoms with Crippen molar-refractivity contribution in [3.8, 4) is 17.6 Å². The number of ether oxygens (including phenoxy) is 1. The van der Waals surface area contributed by atoms with Gasteiger partial charge < -0.3 is 14.6 Å². The summed E-state index contributed by atoms with van der Waals surface area (Å²) in [5, 5.41) is 15.2. The number of rotatable bonds is 6. The van der Waals surface area contributed by atoms with Gasteiger partial charge in [-0.25, -0.2) is 0 Å². The molecule has 0 unspecified atom stereocenters. The summed E-state index contributed by atoms with van der Waals surface area (Å²) in [5.74, 6) is 1.17. The van der Waals surface area contributed by atoms with Gasteiger partial charge >= 0.3 is 0 Å². The summed E-state index contributed by atoms with van der Waals surface area (Å²) >= 11 is 0. The molecule has 6 nitrogen and oxygen atoms in total. The molecule has 124 valence electrons. The second kappa shape index (κ2) is 7.79. The molecule has 0 aliphatic carbocycles. The molecule has 2 aromatic carbocycles. The minimum absolute atomic E-state index is 0.157. The molecule has 1 heterocycles. The number of benzene rings is 2. The zero-order valence-electron chi connectivity index (χ0n) is 13.3. The Morgan fingerprint density at radius 2 is 1.76 bits per heavy atom. The first-order valence-corrected chi connectivity index (χ1v) is 7.66. The Bertz CT molecular complexity index is 864. The van der Waals surface area contributed by atoms with Crippen molar-refractivity contribution >= 4 is 11.6 Å². The first kappa shape index (κ1) is 16.3. The second-order valence-corrected chi connectivity index (χ2v) is 5.32. The molecular weight excluding hydrogens is 318 g/mol. The van der Waals surface area contributed by atoms with E-state index < -0.39 is 0 Å². The molecule has 25 heavy (non-hydrogen) atoms. The minimum atomic E-state index is -0.171. The summed E-state index contributed by atoms with van der Waals surface area (Å²) in [6, 6.07) is 18.2. The molecule has 0 aliphatic rings. The summed E-state index contributed by atoms with van der Waals surface area (Å²) in [5.41, 5.74) is 2.20. The number of nitriles is 1. The number of nitrogens with zero attached hydrogens (tertiary/aromatic N) is 2. The molecule has 0 radical (unpaired) electrons. The Morgan fingerprint density at radius 1 is 1.08 bits per heavy atom. The number of anilines is 1. The molecule has 0 bridgehead atoms. The number of carbonyl (C=O) groups is 1. The molecule has 0 saturated heterocycles. The highest BCUT2D eigenvalue weighted by Crippen LogP contribution is 2.23. The monoisotopic (exact) mass is 333 g/mol. The lowest BCUT2D eigenvalue weighted by atomic mass is 10.2. The van der Waals surface area contributed by atoms with Crippen LogP contribution < -0.4 is 10.1 Å². The smallest absolute Gasteiger partial charge is 0.230 e. The lowest BCUT2D eigenvalue weighted by Gasteiger charge is -2.08. The van der Waals surface area contributed by atoms with E-state index in [1.165, 1.54) is 6.26 Å². The van der Waals surface area contributed by atoms with Crippen LogP contribution >= 0.6 is 0 Å². The van der Waals surface area contributed by atoms with Gasteiger partial charge in [0.2, 0.25) is 5.91 Å². The highest BCUT2D eigenvalue weighted by atomic mass is 16.5. The second-order valence-electron chi connectivity index (χ2n) is 5.32. The third-order valence-corrected chi connectivity index (χ3v) is 3.41. The zero-order valence-corrected chi connectivity index (χ0v) is 13.3. The lowest BCUT2D eigenvalue weighted by Crippen LogP contribution is -2.14. The van der Waals surface area contributed by atoms with Crippen LogP contribution in [0.15, 0.2) is 65.4 Å². The van der Waals surface area contributed by atoms with E-state index in [-0.39, 0.29) is 12.3 Å². The van der Waals surface area contributed by atoms with Crippen LogP contribution in [-0.2, 0) is 17.6 Å². The van der Waals surface area contributed by atoms with Crippen molar-refractivity contribution in [1.29, 1.82) is 5.26 Å². The number of amides is 1. The molecule has 1 N–H and O–H groups in total. The standard InChI is InChI=1S/C19H15N3O3/c20-11-9-14-1-5-17(6-2-14)25-18-7-3-15(4-8-18)21-19(23)13-16-10-12-24-22-16/h1-8,10,12H,9,13H2,(H,21,23). The van der Waals surface area contributed by atoms with Gasteiger partial charge in [0.25, 0.3) is 0 Å². The SMILES string of the molecule is N#CCc1ccc(Oc2ccc(NC(=O)Cc3ccon3)cc2)cc1. The topological polar surface area (TPSA) is 88.1 Å². The van der Waals surface area contributed by atoms with Gasteiger partial charge in [0.15, 0.2) is 0 Å². The summed E-state index contributed by atoms with van der Waals surface area (Å²) in [6.07, 6.45) is 1.97. The van der Waals surface area contributed by atoms with E-state index in [1.807, 2.05) is 24.3 Å². The maximum absolute atomic E-state index is 11.9. The van der Waals surface area contributed by atoms with Gasteiger partial charge in [0.05, 0.1) is 24.6 Å². The molecule has 6 heteroatoms. The Morgan fingerprint density at radius 3 is 2.36 bits per heavy atom. The number of hydrogen-bond donors (Lipinski definition) is 1. The average Bonchev–Trinajstić information content (AvgIpc) is 3.11. The van der Waals surface area contributed by atoms with Gasteiger partial charge in [-0.15, -0.1) is 0 Å². The molecular formula is C19H15N3O3. The van der Waals surface area contributed by atoms with Crippen LogP contribution in [0.1, 0.15) is 11.3 Å². The van der Waals surface area contributed by atoms with Crippen LogP contribution in [0.5, 0.6) is 11.5 Å². The van der Waals surface area contributed by atoms with Crippen molar-refractivity contribution in [2.75, 3.05) is 5.32 Å². The first-order chi connectivity index (χ1) is 12.2. The van der Waals surface area contributed by atoms with Crippen LogP contribution in [0.25, 0.3) is 0 Å². The normalized spacial score (nSPS) is 10.0. The Labute approximate surface area is 144 Å². The largest absolute Gasteiger partial charge is 0.457 e. The fraction of sp³-hybridized carbons (Fsp3) is 0.105. The maximum Gasteiger partial charge on any atom is 0.230 e. The van der Waals surface area contributed by atoms with E-state index in [0.717, 1.165) is 5.56 Å². The molecule has 3 rings (SSSR count). The van der Waals surface area contributed by atoms with Crippen LogP contribution in [0.3, 0.4) is 0 Å². The van der Waals surface area contributed by atoms with E-state index in [4.69, 9.17) is 14.5 Å². The third kappa shape index (κ3) is 4.69. The van der Waals surface area contributed by atoms with Gasteiger partial charge in [0, 0.05) is 11.8 Å². The van der Waals surface area contributed by atoms with Crippen molar-refractivity contribution < 1.29 is 14.1 Å². The fourth-order valence-corrected chi connectivity index (χ4v) is 2.21. The molecule has 1 aromatic heterocycles. The number of aromatic nitrogens is 1. The van der Waals surface area contributed by atoms with E-state index in [0.29, 0.717) is 29.3 Å². The molecule has 0 saturated carbocycles. The van der Waals surface area contributed by atoms with Crippen molar-refractivity contribution in [3.05, 3.63) is 72.1 Å². The van der Waals surface area contributed by atoms with Crippen LogP contribution in [0.4, 0.5) is 5.69 Å². The average molecular weight is 333 g/mol. The predicted octanol–water partition coefficient (Wildman–Crippen LogP) is 3.71. The number of hydrogen-bond acceptors (Lipinski definition) is 5. The van der Waals surface area contributed by atoms with Crippen LogP contribution in [-0.4, -0.2) is 11.1 Å². The Hall–Kier alpha value is -3.59. The molecule has 1 amide bonds. The Kier molecular flexibility index (Phi) is 5.07. The molecule has 0 atom stereocenters. The van der Waals surface area contributed by atoms with Gasteiger partial charge in [-0.2, -0.15) is 5.26 Å². The minimum Gasteiger partial charge on any atom is -0.457 e. The maximum atomic E-state index is 11.9. The van der Waals surface area contributed by atoms with E-state index in [1.54, 1.807) is 30.3 Å². The number of carbonyl (C=O) groups excluding carboxylic acids is 1. The van der Waals surface area contributed by atoms with E-state index >= 15 is 0 Å². The number of nitrogens with one attached hydrogen (secondary N) is 1. The van der Waals surface area contributed by atoms with Crippen molar-refractivity contribution in [3.63, 3.8) is 0 Å². The summed E-state index contributed by atoms with van der Waals surface area (Å²) < 4.78 is 10.4. The van der Waals surface area contributed by atoms with Gasteiger partial charge in [0.1, 0.15) is 17.8 Å². The summed E-state index contributed by atoms with van der Waals surface area (Å²) in [6.45, 7) is 0. The van der Waals surface area contributed by atoms with Gasteiger partial charge in [-0.05, 0) is 42.0 Å². The third-order valence-electron chi connectivity index (χ3n) is 3.41. The summed E-state index contributed by atoms with van der Waals surface area (Å²) in [7, 11) is 0. The lowest BCUT2D eigenvalue weighted by molar-refractivity contribution is -0.115. The zero-order chi connectivity index (χ0) is 17.5. The molecule has 0 spiro atoms. The fourth-order valence-electron chi connectivity index (χ4n) is 2.21. The van der Waals surface area contributed by atoms with Crippen molar-refractivity contribution in [2.24, 2.45) is 0 Å². The molecule has 0 fully saturated rings. The van der Waals surface area contributed by atoms with Gasteiger partial charge in [-0.1, -0.05) is 17.3 Å². The van der Waals surface area contributed by atoms with Crippen molar-refractivity contribution in [1.82, 2.24) is 5.16 Å². The van der Waals surface area contributed by atoms with E-state index in [2.05, 4.69) is 16.5 Å². The predicted molar refractivity (Wildman–Crippen MR) is 91.1 cm³/mol. The summed E-state index contributed by atoms with van der Waals surface area (Å²) in [4.78, 5) is 11.9. The first-order valence-electron chi connectivity index (χ1n) is 7.66. The van der Waals surface area contributed by atoms with Gasteiger partial charge in [-0.3, -0.25) is 4.79 Å². The quantitative estimate of drug-likeness (QED) is 0.743. The molecule has 3 aromatic rings. The highest BCUT2D eigenvalue weighted by molar-refractivity contribution is 5.92. The van der Waals surface area contributed by atoms with E-state index in [9.17, 15) is 4.79 Å².